The molecular formula is C14H28N2O3. The lowest BCUT2D eigenvalue weighted by Crippen LogP contribution is -2.45. The second-order valence-electron chi connectivity index (χ2n) is 5.20. The van der Waals surface area contributed by atoms with Gasteiger partial charge in [0, 0.05) is 32.6 Å². The molecule has 112 valence electrons. The minimum absolute atomic E-state index is 0.00325. The molecule has 0 atom stereocenters. The third kappa shape index (κ3) is 7.70. The number of hydrogen-bond donors (Lipinski definition) is 1. The number of amides is 2. The summed E-state index contributed by atoms with van der Waals surface area (Å²) in [5.41, 5.74) is 0. The maximum absolute atomic E-state index is 12.3. The first-order valence-corrected chi connectivity index (χ1v) is 7.13. The van der Waals surface area contributed by atoms with Crippen LogP contribution in [0.1, 0.15) is 52.9 Å². The van der Waals surface area contributed by atoms with Crippen LogP contribution < -0.4 is 0 Å². The lowest BCUT2D eigenvalue weighted by atomic mass is 10.2. The minimum atomic E-state index is -0.815. The Bertz CT molecular complexity index is 280. The van der Waals surface area contributed by atoms with Crippen molar-refractivity contribution in [2.24, 2.45) is 0 Å². The Kier molecular flexibility index (Phi) is 9.00. The first kappa shape index (κ1) is 17.7. The molecular weight excluding hydrogens is 244 g/mol. The van der Waals surface area contributed by atoms with Crippen molar-refractivity contribution in [3.8, 4) is 0 Å². The molecule has 0 fully saturated rings. The number of carboxylic acid groups (broad SMARTS) is 1. The molecule has 0 aromatic carbocycles. The summed E-state index contributed by atoms with van der Waals surface area (Å²) in [4.78, 5) is 26.2. The predicted molar refractivity (Wildman–Crippen MR) is 76.3 cm³/mol. The summed E-state index contributed by atoms with van der Waals surface area (Å²) < 4.78 is 0. The van der Waals surface area contributed by atoms with E-state index in [1.165, 1.54) is 0 Å². The second kappa shape index (κ2) is 9.64. The van der Waals surface area contributed by atoms with E-state index in [4.69, 9.17) is 5.11 Å². The van der Waals surface area contributed by atoms with E-state index in [1.807, 2.05) is 18.7 Å². The number of carbonyl (C=O) groups excluding carboxylic acids is 1. The first-order valence-electron chi connectivity index (χ1n) is 7.13. The van der Waals surface area contributed by atoms with Crippen molar-refractivity contribution in [2.75, 3.05) is 20.1 Å². The van der Waals surface area contributed by atoms with Crippen LogP contribution in [-0.4, -0.2) is 53.1 Å². The van der Waals surface area contributed by atoms with Crippen LogP contribution in [0, 0.1) is 0 Å². The fourth-order valence-electron chi connectivity index (χ4n) is 1.89. The van der Waals surface area contributed by atoms with E-state index in [9.17, 15) is 9.59 Å². The zero-order valence-electron chi connectivity index (χ0n) is 12.7. The van der Waals surface area contributed by atoms with Crippen LogP contribution in [0.4, 0.5) is 4.79 Å². The zero-order valence-corrected chi connectivity index (χ0v) is 12.7. The van der Waals surface area contributed by atoms with Crippen molar-refractivity contribution in [3.05, 3.63) is 0 Å². The topological polar surface area (TPSA) is 60.9 Å². The normalized spacial score (nSPS) is 10.6. The number of urea groups is 1. The van der Waals surface area contributed by atoms with E-state index in [0.717, 1.165) is 25.8 Å². The SMILES string of the molecule is CCCCCN(C(=O)N(C)CCCC(=O)O)C(C)C. The Morgan fingerprint density at radius 2 is 1.74 bits per heavy atom. The van der Waals surface area contributed by atoms with Gasteiger partial charge in [-0.2, -0.15) is 0 Å². The van der Waals surface area contributed by atoms with Gasteiger partial charge in [-0.3, -0.25) is 4.79 Å². The fraction of sp³-hybridized carbons (Fsp3) is 0.857. The maximum Gasteiger partial charge on any atom is 0.319 e. The Morgan fingerprint density at radius 1 is 1.11 bits per heavy atom. The first-order chi connectivity index (χ1) is 8.90. The highest BCUT2D eigenvalue weighted by molar-refractivity contribution is 5.74. The number of rotatable bonds is 9. The molecule has 0 aliphatic heterocycles. The second-order valence-corrected chi connectivity index (χ2v) is 5.20. The van der Waals surface area contributed by atoms with Crippen LogP contribution in [0.2, 0.25) is 0 Å². The van der Waals surface area contributed by atoms with Gasteiger partial charge in [0.2, 0.25) is 0 Å². The number of hydrogen-bond acceptors (Lipinski definition) is 2. The molecule has 0 aliphatic rings. The highest BCUT2D eigenvalue weighted by Gasteiger charge is 2.19. The number of carbonyl (C=O) groups is 2. The number of nitrogens with zero attached hydrogens (tertiary/aromatic N) is 2. The van der Waals surface area contributed by atoms with Gasteiger partial charge in [0.15, 0.2) is 0 Å². The van der Waals surface area contributed by atoms with Crippen molar-refractivity contribution in [2.45, 2.75) is 58.9 Å². The summed E-state index contributed by atoms with van der Waals surface area (Å²) in [5.74, 6) is -0.815. The van der Waals surface area contributed by atoms with Gasteiger partial charge < -0.3 is 14.9 Å². The number of carboxylic acids is 1. The van der Waals surface area contributed by atoms with Gasteiger partial charge in [0.05, 0.1) is 0 Å². The molecule has 0 saturated heterocycles. The van der Waals surface area contributed by atoms with Crippen molar-refractivity contribution in [1.29, 1.82) is 0 Å². The maximum atomic E-state index is 12.3. The van der Waals surface area contributed by atoms with Crippen LogP contribution in [0.3, 0.4) is 0 Å². The molecule has 0 unspecified atom stereocenters. The van der Waals surface area contributed by atoms with Gasteiger partial charge in [0.1, 0.15) is 0 Å². The van der Waals surface area contributed by atoms with Gasteiger partial charge >= 0.3 is 12.0 Å². The van der Waals surface area contributed by atoms with Crippen molar-refractivity contribution >= 4 is 12.0 Å². The lowest BCUT2D eigenvalue weighted by Gasteiger charge is -2.31. The van der Waals surface area contributed by atoms with Crippen LogP contribution >= 0.6 is 0 Å². The molecule has 0 saturated carbocycles. The molecule has 1 N–H and O–H groups in total. The van der Waals surface area contributed by atoms with Crippen LogP contribution in [0.5, 0.6) is 0 Å². The molecule has 0 heterocycles. The molecule has 5 heteroatoms. The predicted octanol–water partition coefficient (Wildman–Crippen LogP) is 2.80. The van der Waals surface area contributed by atoms with E-state index >= 15 is 0 Å². The van der Waals surface area contributed by atoms with Gasteiger partial charge in [0.25, 0.3) is 0 Å². The van der Waals surface area contributed by atoms with E-state index < -0.39 is 5.97 Å². The smallest absolute Gasteiger partial charge is 0.319 e. The quantitative estimate of drug-likeness (QED) is 0.656. The summed E-state index contributed by atoms with van der Waals surface area (Å²) >= 11 is 0. The summed E-state index contributed by atoms with van der Waals surface area (Å²) in [6.45, 7) is 7.42. The monoisotopic (exact) mass is 272 g/mol. The Labute approximate surface area is 116 Å². The molecule has 5 nitrogen and oxygen atoms in total. The highest BCUT2D eigenvalue weighted by atomic mass is 16.4. The molecule has 0 aromatic rings. The minimum Gasteiger partial charge on any atom is -0.481 e. The van der Waals surface area contributed by atoms with E-state index in [-0.39, 0.29) is 18.5 Å². The third-order valence-electron chi connectivity index (χ3n) is 3.08. The van der Waals surface area contributed by atoms with E-state index in [2.05, 4.69) is 6.92 Å². The number of aliphatic carboxylic acids is 1. The fourth-order valence-corrected chi connectivity index (χ4v) is 1.89. The Hall–Kier alpha value is -1.26. The van der Waals surface area contributed by atoms with Gasteiger partial charge in [-0.15, -0.1) is 0 Å². The molecule has 2 amide bonds. The van der Waals surface area contributed by atoms with Crippen LogP contribution in [-0.2, 0) is 4.79 Å². The molecule has 0 aromatic heterocycles. The number of unbranched alkanes of at least 4 members (excludes halogenated alkanes) is 2. The van der Waals surface area contributed by atoms with Gasteiger partial charge in [-0.1, -0.05) is 19.8 Å². The van der Waals surface area contributed by atoms with Crippen molar-refractivity contribution in [3.63, 3.8) is 0 Å². The Balaban J connectivity index is 4.24. The van der Waals surface area contributed by atoms with Crippen molar-refractivity contribution in [1.82, 2.24) is 9.80 Å². The third-order valence-corrected chi connectivity index (χ3v) is 3.08. The summed E-state index contributed by atoms with van der Waals surface area (Å²) in [6.07, 6.45) is 3.88. The molecule has 0 rings (SSSR count). The van der Waals surface area contributed by atoms with Crippen LogP contribution in [0.15, 0.2) is 0 Å². The average Bonchev–Trinajstić information content (AvgIpc) is 2.32. The molecule has 0 bridgehead atoms. The van der Waals surface area contributed by atoms with E-state index in [1.54, 1.807) is 11.9 Å². The zero-order chi connectivity index (χ0) is 14.8. The van der Waals surface area contributed by atoms with Gasteiger partial charge in [-0.25, -0.2) is 4.79 Å². The Morgan fingerprint density at radius 3 is 2.21 bits per heavy atom. The molecule has 0 radical (unpaired) electrons. The van der Waals surface area contributed by atoms with Gasteiger partial charge in [-0.05, 0) is 26.7 Å². The lowest BCUT2D eigenvalue weighted by molar-refractivity contribution is -0.137. The molecule has 0 aliphatic carbocycles. The average molecular weight is 272 g/mol. The van der Waals surface area contributed by atoms with Crippen molar-refractivity contribution < 1.29 is 14.7 Å². The van der Waals surface area contributed by atoms with Crippen LogP contribution in [0.25, 0.3) is 0 Å². The highest BCUT2D eigenvalue weighted by Crippen LogP contribution is 2.07. The molecule has 0 spiro atoms. The summed E-state index contributed by atoms with van der Waals surface area (Å²) in [6, 6.07) is 0.169. The largest absolute Gasteiger partial charge is 0.481 e. The summed E-state index contributed by atoms with van der Waals surface area (Å²) in [5, 5.41) is 8.59. The standard InChI is InChI=1S/C14H28N2O3/c1-5-6-7-11-16(12(2)3)14(19)15(4)10-8-9-13(17)18/h12H,5-11H2,1-4H3,(H,17,18). The van der Waals surface area contributed by atoms with E-state index in [0.29, 0.717) is 13.0 Å². The summed E-state index contributed by atoms with van der Waals surface area (Å²) in [7, 11) is 1.74. The molecule has 19 heavy (non-hydrogen) atoms.